The summed E-state index contributed by atoms with van der Waals surface area (Å²) in [5.74, 6) is -11.4. The van der Waals surface area contributed by atoms with E-state index in [0.717, 1.165) is 6.92 Å². The zero-order valence-electron chi connectivity index (χ0n) is 9.81. The summed E-state index contributed by atoms with van der Waals surface area (Å²) in [6.07, 6.45) is -1.84. The topological polar surface area (TPSA) is 43.4 Å². The number of halogens is 5. The van der Waals surface area contributed by atoms with Crippen LogP contribution in [0.2, 0.25) is 0 Å². The van der Waals surface area contributed by atoms with E-state index >= 15 is 0 Å². The number of hydrogen-bond donors (Lipinski definition) is 0. The van der Waals surface area contributed by atoms with Crippen LogP contribution in [0.1, 0.15) is 25.5 Å². The van der Waals surface area contributed by atoms with Gasteiger partial charge >= 0.3 is 0 Å². The quantitative estimate of drug-likeness (QED) is 0.372. The lowest BCUT2D eigenvalue weighted by Crippen LogP contribution is -2.16. The van der Waals surface area contributed by atoms with Crippen molar-refractivity contribution in [1.29, 1.82) is 0 Å². The number of benzene rings is 1. The van der Waals surface area contributed by atoms with Crippen LogP contribution >= 0.6 is 0 Å². The van der Waals surface area contributed by atoms with Gasteiger partial charge in [0.15, 0.2) is 23.3 Å². The molecule has 0 aliphatic rings. The minimum atomic E-state index is -4.11. The first-order valence-corrected chi connectivity index (χ1v) is 6.62. The molecule has 0 aliphatic carbocycles. The molecule has 108 valence electrons. The van der Waals surface area contributed by atoms with Crippen molar-refractivity contribution in [3.63, 3.8) is 0 Å². The molecule has 0 aromatic heterocycles. The summed E-state index contributed by atoms with van der Waals surface area (Å²) < 4.78 is 91.8. The Kier molecular flexibility index (Phi) is 4.51. The van der Waals surface area contributed by atoms with Crippen molar-refractivity contribution >= 4 is 10.1 Å². The van der Waals surface area contributed by atoms with Gasteiger partial charge < -0.3 is 0 Å². The van der Waals surface area contributed by atoms with Gasteiger partial charge in [-0.05, 0) is 13.8 Å². The summed E-state index contributed by atoms with van der Waals surface area (Å²) in [6.45, 7) is 2.06. The molecule has 0 radical (unpaired) electrons. The van der Waals surface area contributed by atoms with Crippen LogP contribution in [-0.2, 0) is 14.3 Å². The Morgan fingerprint density at radius 3 is 1.68 bits per heavy atom. The summed E-state index contributed by atoms with van der Waals surface area (Å²) in [7, 11) is -4.11. The van der Waals surface area contributed by atoms with Crippen LogP contribution in [0.3, 0.4) is 0 Å². The summed E-state index contributed by atoms with van der Waals surface area (Å²) in [5, 5.41) is 0. The monoisotopic (exact) mass is 304 g/mol. The lowest BCUT2D eigenvalue weighted by molar-refractivity contribution is 0.216. The predicted octanol–water partition coefficient (Wildman–Crippen LogP) is 2.81. The lowest BCUT2D eigenvalue weighted by atomic mass is 10.1. The van der Waals surface area contributed by atoms with Crippen LogP contribution in [0.5, 0.6) is 0 Å². The first-order chi connectivity index (χ1) is 8.62. The van der Waals surface area contributed by atoms with Crippen molar-refractivity contribution in [2.45, 2.75) is 20.0 Å². The highest BCUT2D eigenvalue weighted by molar-refractivity contribution is 7.86. The van der Waals surface area contributed by atoms with E-state index in [1.807, 2.05) is 0 Å². The highest BCUT2D eigenvalue weighted by atomic mass is 32.2. The zero-order chi connectivity index (χ0) is 15.0. The summed E-state index contributed by atoms with van der Waals surface area (Å²) in [4.78, 5) is 0. The van der Waals surface area contributed by atoms with Crippen LogP contribution in [0.15, 0.2) is 0 Å². The maximum Gasteiger partial charge on any atom is 0.267 e. The molecule has 0 N–H and O–H groups in total. The van der Waals surface area contributed by atoms with Crippen LogP contribution in [0.4, 0.5) is 22.0 Å². The molecule has 1 unspecified atom stereocenters. The summed E-state index contributed by atoms with van der Waals surface area (Å²) in [5.41, 5.74) is -1.33. The fourth-order valence-corrected chi connectivity index (χ4v) is 1.99. The molecule has 3 nitrogen and oxygen atoms in total. The van der Waals surface area contributed by atoms with Gasteiger partial charge in [0.05, 0.1) is 11.3 Å². The maximum absolute atomic E-state index is 13.3. The van der Waals surface area contributed by atoms with Crippen molar-refractivity contribution in [3.8, 4) is 0 Å². The van der Waals surface area contributed by atoms with Gasteiger partial charge in [0, 0.05) is 0 Å². The Hall–Kier alpha value is -1.22. The van der Waals surface area contributed by atoms with E-state index in [-0.39, 0.29) is 0 Å². The van der Waals surface area contributed by atoms with Crippen molar-refractivity contribution in [3.05, 3.63) is 34.6 Å². The molecule has 0 heterocycles. The van der Waals surface area contributed by atoms with Crippen molar-refractivity contribution in [2.75, 3.05) is 5.75 Å². The van der Waals surface area contributed by atoms with Gasteiger partial charge in [0.25, 0.3) is 10.1 Å². The van der Waals surface area contributed by atoms with E-state index < -0.39 is 56.6 Å². The Balaban J connectivity index is 3.36. The average Bonchev–Trinajstić information content (AvgIpc) is 2.33. The standard InChI is InChI=1S/C10H9F5O3S/c1-3-19(16,17)18-4(2)5-6(11)8(13)10(15)9(14)7(5)12/h4H,3H2,1-2H3. The van der Waals surface area contributed by atoms with E-state index in [2.05, 4.69) is 4.18 Å². The van der Waals surface area contributed by atoms with Gasteiger partial charge in [-0.25, -0.2) is 22.0 Å². The van der Waals surface area contributed by atoms with Gasteiger partial charge in [0.2, 0.25) is 5.82 Å². The molecule has 1 atom stereocenters. The average molecular weight is 304 g/mol. The molecule has 0 amide bonds. The van der Waals surface area contributed by atoms with E-state index in [9.17, 15) is 30.4 Å². The fraction of sp³-hybridized carbons (Fsp3) is 0.400. The molecule has 0 saturated heterocycles. The predicted molar refractivity (Wildman–Crippen MR) is 55.2 cm³/mol. The molecule has 0 aliphatic heterocycles. The smallest absolute Gasteiger partial charge is 0.262 e. The molecule has 1 rings (SSSR count). The van der Waals surface area contributed by atoms with Crippen LogP contribution in [0.25, 0.3) is 0 Å². The van der Waals surface area contributed by atoms with Crippen molar-refractivity contribution < 1.29 is 34.6 Å². The largest absolute Gasteiger partial charge is 0.267 e. The normalized spacial score (nSPS) is 13.6. The van der Waals surface area contributed by atoms with Crippen LogP contribution in [0, 0.1) is 29.1 Å². The number of hydrogen-bond acceptors (Lipinski definition) is 3. The summed E-state index contributed by atoms with van der Waals surface area (Å²) in [6, 6.07) is 0. The van der Waals surface area contributed by atoms with Crippen LogP contribution < -0.4 is 0 Å². The van der Waals surface area contributed by atoms with Gasteiger partial charge in [-0.15, -0.1) is 0 Å². The highest BCUT2D eigenvalue weighted by Gasteiger charge is 2.30. The molecule has 19 heavy (non-hydrogen) atoms. The lowest BCUT2D eigenvalue weighted by Gasteiger charge is -2.15. The minimum Gasteiger partial charge on any atom is -0.262 e. The fourth-order valence-electron chi connectivity index (χ4n) is 1.31. The summed E-state index contributed by atoms with van der Waals surface area (Å²) >= 11 is 0. The Morgan fingerprint density at radius 2 is 1.32 bits per heavy atom. The van der Waals surface area contributed by atoms with E-state index in [0.29, 0.717) is 0 Å². The van der Waals surface area contributed by atoms with Crippen molar-refractivity contribution in [2.24, 2.45) is 0 Å². The first kappa shape index (κ1) is 15.8. The molecule has 1 aromatic carbocycles. The zero-order valence-corrected chi connectivity index (χ0v) is 10.6. The Bertz CT molecular complexity index is 571. The SMILES string of the molecule is CCS(=O)(=O)OC(C)c1c(F)c(F)c(F)c(F)c1F. The Morgan fingerprint density at radius 1 is 0.947 bits per heavy atom. The van der Waals surface area contributed by atoms with E-state index in [1.54, 1.807) is 0 Å². The van der Waals surface area contributed by atoms with E-state index in [1.165, 1.54) is 6.92 Å². The van der Waals surface area contributed by atoms with Gasteiger partial charge in [0.1, 0.15) is 6.10 Å². The van der Waals surface area contributed by atoms with Gasteiger partial charge in [-0.3, -0.25) is 4.18 Å². The van der Waals surface area contributed by atoms with Gasteiger partial charge in [-0.1, -0.05) is 0 Å². The highest BCUT2D eigenvalue weighted by Crippen LogP contribution is 2.30. The van der Waals surface area contributed by atoms with E-state index in [4.69, 9.17) is 0 Å². The molecule has 0 spiro atoms. The maximum atomic E-state index is 13.3. The first-order valence-electron chi connectivity index (χ1n) is 5.04. The molecular weight excluding hydrogens is 295 g/mol. The third kappa shape index (κ3) is 3.03. The number of rotatable bonds is 4. The second kappa shape index (κ2) is 5.41. The molecule has 9 heteroatoms. The third-order valence-electron chi connectivity index (χ3n) is 2.29. The second-order valence-corrected chi connectivity index (χ2v) is 5.45. The molecule has 0 fully saturated rings. The van der Waals surface area contributed by atoms with Crippen LogP contribution in [-0.4, -0.2) is 14.2 Å². The molecule has 0 saturated carbocycles. The minimum absolute atomic E-state index is 0.507. The molecule has 1 aromatic rings. The molecular formula is C10H9F5O3S. The third-order valence-corrected chi connectivity index (χ3v) is 3.58. The second-order valence-electron chi connectivity index (χ2n) is 3.57. The van der Waals surface area contributed by atoms with Crippen molar-refractivity contribution in [1.82, 2.24) is 0 Å². The molecule has 0 bridgehead atoms. The van der Waals surface area contributed by atoms with Gasteiger partial charge in [-0.2, -0.15) is 8.42 Å². The Labute approximate surface area is 106 Å².